The summed E-state index contributed by atoms with van der Waals surface area (Å²) >= 11 is 0. The lowest BCUT2D eigenvalue weighted by atomic mass is 10.1. The van der Waals surface area contributed by atoms with E-state index in [-0.39, 0.29) is 23.0 Å². The molecule has 2 aromatic rings. The van der Waals surface area contributed by atoms with Crippen molar-refractivity contribution >= 4 is 11.6 Å². The molecule has 1 heterocycles. The molecule has 1 amide bonds. The fourth-order valence-corrected chi connectivity index (χ4v) is 1.33. The highest BCUT2D eigenvalue weighted by atomic mass is 19.1. The number of hydrogen-bond acceptors (Lipinski definition) is 5. The topological polar surface area (TPSA) is 109 Å². The third-order valence-corrected chi connectivity index (χ3v) is 2.15. The second-order valence-corrected chi connectivity index (χ2v) is 3.54. The SMILES string of the molecule is Cn1cnc(Oc2cc(C(N)=O)c(N)cc2F)n1. The van der Waals surface area contributed by atoms with Crippen molar-refractivity contribution < 1.29 is 13.9 Å². The van der Waals surface area contributed by atoms with Crippen LogP contribution in [0.2, 0.25) is 0 Å². The van der Waals surface area contributed by atoms with Crippen molar-refractivity contribution in [1.29, 1.82) is 0 Å². The first kappa shape index (κ1) is 11.8. The molecule has 18 heavy (non-hydrogen) atoms. The second-order valence-electron chi connectivity index (χ2n) is 3.54. The molecular weight excluding hydrogens is 241 g/mol. The molecule has 0 fully saturated rings. The summed E-state index contributed by atoms with van der Waals surface area (Å²) < 4.78 is 20.0. The number of amides is 1. The van der Waals surface area contributed by atoms with Gasteiger partial charge in [-0.2, -0.15) is 4.98 Å². The molecule has 0 atom stereocenters. The summed E-state index contributed by atoms with van der Waals surface area (Å²) in [6.45, 7) is 0. The summed E-state index contributed by atoms with van der Waals surface area (Å²) in [7, 11) is 1.63. The monoisotopic (exact) mass is 251 g/mol. The van der Waals surface area contributed by atoms with E-state index in [1.54, 1.807) is 7.05 Å². The van der Waals surface area contributed by atoms with Gasteiger partial charge >= 0.3 is 6.01 Å². The van der Waals surface area contributed by atoms with E-state index in [9.17, 15) is 9.18 Å². The molecule has 0 saturated heterocycles. The van der Waals surface area contributed by atoms with E-state index in [4.69, 9.17) is 16.2 Å². The van der Waals surface area contributed by atoms with Crippen molar-refractivity contribution in [2.75, 3.05) is 5.73 Å². The standard InChI is InChI=1S/C10H10FN5O2/c1-16-4-14-10(15-16)18-8-2-5(9(13)17)7(12)3-6(8)11/h2-4H,12H2,1H3,(H2,13,17). The molecule has 0 bridgehead atoms. The second kappa shape index (κ2) is 4.32. The Bertz CT molecular complexity index is 610. The van der Waals surface area contributed by atoms with Crippen molar-refractivity contribution in [3.63, 3.8) is 0 Å². The maximum absolute atomic E-state index is 13.6. The zero-order chi connectivity index (χ0) is 13.3. The maximum atomic E-state index is 13.6. The van der Waals surface area contributed by atoms with Crippen molar-refractivity contribution in [2.45, 2.75) is 0 Å². The first-order chi connectivity index (χ1) is 8.47. The van der Waals surface area contributed by atoms with E-state index in [1.165, 1.54) is 11.0 Å². The van der Waals surface area contributed by atoms with Gasteiger partial charge < -0.3 is 16.2 Å². The van der Waals surface area contributed by atoms with Gasteiger partial charge in [-0.15, -0.1) is 5.10 Å². The molecule has 0 aliphatic heterocycles. The van der Waals surface area contributed by atoms with Gasteiger partial charge in [0.25, 0.3) is 5.91 Å². The molecule has 7 nitrogen and oxygen atoms in total. The largest absolute Gasteiger partial charge is 0.420 e. The van der Waals surface area contributed by atoms with Gasteiger partial charge in [0.2, 0.25) is 0 Å². The Balaban J connectivity index is 2.38. The van der Waals surface area contributed by atoms with Gasteiger partial charge in [-0.1, -0.05) is 0 Å². The molecule has 0 saturated carbocycles. The van der Waals surface area contributed by atoms with E-state index in [0.717, 1.165) is 12.1 Å². The Labute approximate surface area is 101 Å². The van der Waals surface area contributed by atoms with E-state index in [0.29, 0.717) is 0 Å². The normalized spacial score (nSPS) is 10.3. The molecule has 1 aromatic carbocycles. The maximum Gasteiger partial charge on any atom is 0.341 e. The molecule has 0 aliphatic carbocycles. The number of aromatic nitrogens is 3. The summed E-state index contributed by atoms with van der Waals surface area (Å²) in [5, 5.41) is 3.81. The average Bonchev–Trinajstić information content (AvgIpc) is 2.67. The van der Waals surface area contributed by atoms with Crippen LogP contribution in [0.5, 0.6) is 11.8 Å². The van der Waals surface area contributed by atoms with Crippen LogP contribution in [0.3, 0.4) is 0 Å². The minimum absolute atomic E-state index is 0.0256. The lowest BCUT2D eigenvalue weighted by Gasteiger charge is -2.06. The highest BCUT2D eigenvalue weighted by Crippen LogP contribution is 2.26. The summed E-state index contributed by atoms with van der Waals surface area (Å²) in [5.41, 5.74) is 10.5. The van der Waals surface area contributed by atoms with Gasteiger partial charge in [-0.25, -0.2) is 4.39 Å². The van der Waals surface area contributed by atoms with Crippen LogP contribution in [-0.2, 0) is 7.05 Å². The number of nitrogens with zero attached hydrogens (tertiary/aromatic N) is 3. The van der Waals surface area contributed by atoms with E-state index in [1.807, 2.05) is 0 Å². The number of aryl methyl sites for hydroxylation is 1. The lowest BCUT2D eigenvalue weighted by Crippen LogP contribution is -2.14. The first-order valence-electron chi connectivity index (χ1n) is 4.89. The van der Waals surface area contributed by atoms with Crippen LogP contribution in [0.25, 0.3) is 0 Å². The number of carbonyl (C=O) groups is 1. The first-order valence-corrected chi connectivity index (χ1v) is 4.89. The summed E-state index contributed by atoms with van der Waals surface area (Å²) in [6, 6.07) is 2.03. The molecular formula is C10H10FN5O2. The number of ether oxygens (including phenoxy) is 1. The fourth-order valence-electron chi connectivity index (χ4n) is 1.33. The number of nitrogen functional groups attached to an aromatic ring is 1. The van der Waals surface area contributed by atoms with Crippen molar-refractivity contribution in [1.82, 2.24) is 14.8 Å². The minimum atomic E-state index is -0.772. The predicted molar refractivity (Wildman–Crippen MR) is 60.4 cm³/mol. The molecule has 0 radical (unpaired) electrons. The Morgan fingerprint density at radius 2 is 2.22 bits per heavy atom. The molecule has 0 spiro atoms. The van der Waals surface area contributed by atoms with Crippen LogP contribution in [-0.4, -0.2) is 20.7 Å². The number of halogens is 1. The number of nitrogens with two attached hydrogens (primary N) is 2. The van der Waals surface area contributed by atoms with Crippen LogP contribution in [0, 0.1) is 5.82 Å². The van der Waals surface area contributed by atoms with E-state index >= 15 is 0 Å². The summed E-state index contributed by atoms with van der Waals surface area (Å²) in [5.74, 6) is -1.72. The van der Waals surface area contributed by atoms with Gasteiger partial charge in [0, 0.05) is 18.8 Å². The Morgan fingerprint density at radius 1 is 1.50 bits per heavy atom. The van der Waals surface area contributed by atoms with Crippen molar-refractivity contribution in [2.24, 2.45) is 12.8 Å². The molecule has 8 heteroatoms. The molecule has 4 N–H and O–H groups in total. The molecule has 2 rings (SSSR count). The summed E-state index contributed by atoms with van der Waals surface area (Å²) in [6.07, 6.45) is 1.39. The van der Waals surface area contributed by atoms with Gasteiger partial charge in [0.15, 0.2) is 11.6 Å². The lowest BCUT2D eigenvalue weighted by molar-refractivity contribution is 0.100. The third kappa shape index (κ3) is 2.21. The zero-order valence-corrected chi connectivity index (χ0v) is 9.42. The van der Waals surface area contributed by atoms with Crippen LogP contribution < -0.4 is 16.2 Å². The Kier molecular flexibility index (Phi) is 2.84. The highest BCUT2D eigenvalue weighted by molar-refractivity contribution is 5.98. The molecule has 0 unspecified atom stereocenters. The van der Waals surface area contributed by atoms with Crippen LogP contribution in [0.15, 0.2) is 18.5 Å². The van der Waals surface area contributed by atoms with Gasteiger partial charge in [-0.05, 0) is 6.07 Å². The van der Waals surface area contributed by atoms with Crippen LogP contribution in [0.4, 0.5) is 10.1 Å². The average molecular weight is 251 g/mol. The number of anilines is 1. The third-order valence-electron chi connectivity index (χ3n) is 2.15. The number of rotatable bonds is 3. The number of primary amides is 1. The molecule has 1 aromatic heterocycles. The van der Waals surface area contributed by atoms with Gasteiger partial charge in [0.1, 0.15) is 6.33 Å². The smallest absolute Gasteiger partial charge is 0.341 e. The minimum Gasteiger partial charge on any atom is -0.420 e. The zero-order valence-electron chi connectivity index (χ0n) is 9.42. The van der Waals surface area contributed by atoms with E-state index < -0.39 is 11.7 Å². The van der Waals surface area contributed by atoms with Crippen LogP contribution >= 0.6 is 0 Å². The predicted octanol–water partition coefficient (Wildman–Crippen LogP) is 0.428. The molecule has 94 valence electrons. The van der Waals surface area contributed by atoms with Crippen LogP contribution in [0.1, 0.15) is 10.4 Å². The summed E-state index contributed by atoms with van der Waals surface area (Å²) in [4.78, 5) is 14.8. The quantitative estimate of drug-likeness (QED) is 0.768. The van der Waals surface area contributed by atoms with Crippen molar-refractivity contribution in [3.8, 4) is 11.8 Å². The van der Waals surface area contributed by atoms with E-state index in [2.05, 4.69) is 10.1 Å². The number of benzene rings is 1. The molecule has 0 aliphatic rings. The fraction of sp³-hybridized carbons (Fsp3) is 0.100. The Hall–Kier alpha value is -2.64. The number of carbonyl (C=O) groups excluding carboxylic acids is 1. The van der Waals surface area contributed by atoms with Crippen molar-refractivity contribution in [3.05, 3.63) is 29.8 Å². The Morgan fingerprint density at radius 3 is 2.78 bits per heavy atom. The number of hydrogen-bond donors (Lipinski definition) is 2. The highest BCUT2D eigenvalue weighted by Gasteiger charge is 2.14. The van der Waals surface area contributed by atoms with Gasteiger partial charge in [0.05, 0.1) is 5.56 Å². The van der Waals surface area contributed by atoms with Gasteiger partial charge in [-0.3, -0.25) is 9.48 Å².